The van der Waals surface area contributed by atoms with Crippen molar-refractivity contribution in [1.29, 1.82) is 0 Å². The van der Waals surface area contributed by atoms with Crippen molar-refractivity contribution in [3.63, 3.8) is 0 Å². The first-order valence-electron chi connectivity index (χ1n) is 5.87. The molecule has 1 aromatic carbocycles. The summed E-state index contributed by atoms with van der Waals surface area (Å²) in [6, 6.07) is 5.69. The van der Waals surface area contributed by atoms with Gasteiger partial charge in [-0.2, -0.15) is 13.2 Å². The molecule has 94 valence electrons. The molecule has 0 spiro atoms. The highest BCUT2D eigenvalue weighted by Gasteiger charge is 2.30. The maximum atomic E-state index is 12.4. The van der Waals surface area contributed by atoms with Crippen LogP contribution in [-0.2, 0) is 6.18 Å². The van der Waals surface area contributed by atoms with Crippen LogP contribution in [0.2, 0.25) is 0 Å². The fourth-order valence-corrected chi connectivity index (χ4v) is 2.19. The zero-order chi connectivity index (χ0) is 12.5. The van der Waals surface area contributed by atoms with Gasteiger partial charge in [-0.1, -0.05) is 19.1 Å². The third-order valence-electron chi connectivity index (χ3n) is 3.30. The van der Waals surface area contributed by atoms with E-state index in [1.165, 1.54) is 0 Å². The largest absolute Gasteiger partial charge is 0.416 e. The third kappa shape index (κ3) is 3.00. The van der Waals surface area contributed by atoms with Crippen molar-refractivity contribution < 1.29 is 13.2 Å². The van der Waals surface area contributed by atoms with Crippen LogP contribution in [0.4, 0.5) is 13.2 Å². The van der Waals surface area contributed by atoms with Crippen LogP contribution in [-0.4, -0.2) is 6.54 Å². The van der Waals surface area contributed by atoms with Gasteiger partial charge in [0.15, 0.2) is 0 Å². The van der Waals surface area contributed by atoms with Crippen LogP contribution < -0.4 is 5.32 Å². The molecule has 1 aliphatic rings. The van der Waals surface area contributed by atoms with Crippen molar-refractivity contribution in [3.8, 4) is 0 Å². The minimum atomic E-state index is -4.24. The van der Waals surface area contributed by atoms with Crippen LogP contribution in [0.5, 0.6) is 0 Å². The second-order valence-corrected chi connectivity index (χ2v) is 4.76. The molecular formula is C13H16F3N. The topological polar surface area (TPSA) is 12.0 Å². The number of alkyl halides is 3. The van der Waals surface area contributed by atoms with E-state index in [1.807, 2.05) is 0 Å². The Labute approximate surface area is 99.0 Å². The summed E-state index contributed by atoms with van der Waals surface area (Å²) in [6.07, 6.45) is -2.13. The smallest absolute Gasteiger partial charge is 0.310 e. The molecule has 0 saturated carbocycles. The molecule has 1 nitrogen and oxygen atoms in total. The number of hydrogen-bond donors (Lipinski definition) is 1. The second kappa shape index (κ2) is 4.69. The molecule has 0 amide bonds. The zero-order valence-corrected chi connectivity index (χ0v) is 9.72. The van der Waals surface area contributed by atoms with Crippen molar-refractivity contribution in [2.75, 3.05) is 6.54 Å². The van der Waals surface area contributed by atoms with E-state index in [9.17, 15) is 13.2 Å². The molecule has 0 aromatic heterocycles. The molecule has 2 unspecified atom stereocenters. The van der Waals surface area contributed by atoms with Crippen LogP contribution in [0, 0.1) is 5.92 Å². The fourth-order valence-electron chi connectivity index (χ4n) is 2.19. The SMILES string of the molecule is CC1CCC(c2ccc(C(F)(F)F)cc2)NC1. The first-order chi connectivity index (χ1) is 7.97. The van der Waals surface area contributed by atoms with Crippen molar-refractivity contribution in [1.82, 2.24) is 5.32 Å². The molecule has 17 heavy (non-hydrogen) atoms. The normalized spacial score (nSPS) is 25.9. The summed E-state index contributed by atoms with van der Waals surface area (Å²) in [7, 11) is 0. The van der Waals surface area contributed by atoms with Gasteiger partial charge in [-0.25, -0.2) is 0 Å². The lowest BCUT2D eigenvalue weighted by atomic mass is 9.92. The summed E-state index contributed by atoms with van der Waals surface area (Å²) in [5, 5.41) is 3.36. The average Bonchev–Trinajstić information content (AvgIpc) is 2.29. The quantitative estimate of drug-likeness (QED) is 0.791. The summed E-state index contributed by atoms with van der Waals surface area (Å²) in [5.74, 6) is 0.653. The number of rotatable bonds is 1. The van der Waals surface area contributed by atoms with Gasteiger partial charge in [-0.15, -0.1) is 0 Å². The van der Waals surface area contributed by atoms with Gasteiger partial charge < -0.3 is 5.32 Å². The first-order valence-corrected chi connectivity index (χ1v) is 5.87. The molecule has 2 atom stereocenters. The van der Waals surface area contributed by atoms with Gasteiger partial charge in [-0.05, 0) is 43.0 Å². The number of halogens is 3. The highest BCUT2D eigenvalue weighted by Crippen LogP contribution is 2.31. The molecule has 1 saturated heterocycles. The van der Waals surface area contributed by atoms with Gasteiger partial charge in [0.2, 0.25) is 0 Å². The molecule has 1 fully saturated rings. The minimum Gasteiger partial charge on any atom is -0.310 e. The Hall–Kier alpha value is -1.03. The Morgan fingerprint density at radius 1 is 1.12 bits per heavy atom. The Bertz CT molecular complexity index is 361. The summed E-state index contributed by atoms with van der Waals surface area (Å²) in [4.78, 5) is 0. The number of benzene rings is 1. The third-order valence-corrected chi connectivity index (χ3v) is 3.30. The predicted octanol–water partition coefficient (Wildman–Crippen LogP) is 3.77. The standard InChI is InChI=1S/C13H16F3N/c1-9-2-7-12(17-8-9)10-3-5-11(6-4-10)13(14,15)16/h3-6,9,12,17H,2,7-8H2,1H3. The molecule has 1 N–H and O–H groups in total. The molecule has 0 bridgehead atoms. The zero-order valence-electron chi connectivity index (χ0n) is 9.72. The van der Waals surface area contributed by atoms with Crippen LogP contribution >= 0.6 is 0 Å². The predicted molar refractivity (Wildman–Crippen MR) is 60.6 cm³/mol. The molecular weight excluding hydrogens is 227 g/mol. The first kappa shape index (κ1) is 12.4. The van der Waals surface area contributed by atoms with Gasteiger partial charge in [0.1, 0.15) is 0 Å². The van der Waals surface area contributed by atoms with Crippen molar-refractivity contribution >= 4 is 0 Å². The van der Waals surface area contributed by atoms with E-state index in [0.717, 1.165) is 37.1 Å². The number of piperidine rings is 1. The maximum absolute atomic E-state index is 12.4. The van der Waals surface area contributed by atoms with E-state index >= 15 is 0 Å². The number of nitrogens with one attached hydrogen (secondary N) is 1. The van der Waals surface area contributed by atoms with E-state index in [4.69, 9.17) is 0 Å². The molecule has 1 aliphatic heterocycles. The van der Waals surface area contributed by atoms with Gasteiger partial charge in [0.05, 0.1) is 5.56 Å². The van der Waals surface area contributed by atoms with Gasteiger partial charge >= 0.3 is 6.18 Å². The maximum Gasteiger partial charge on any atom is 0.416 e. The van der Waals surface area contributed by atoms with Gasteiger partial charge in [-0.3, -0.25) is 0 Å². The fraction of sp³-hybridized carbons (Fsp3) is 0.538. The van der Waals surface area contributed by atoms with E-state index in [-0.39, 0.29) is 6.04 Å². The Morgan fingerprint density at radius 2 is 1.76 bits per heavy atom. The molecule has 1 aromatic rings. The van der Waals surface area contributed by atoms with Crippen molar-refractivity contribution in [3.05, 3.63) is 35.4 Å². The Kier molecular flexibility index (Phi) is 3.43. The molecule has 2 rings (SSSR count). The summed E-state index contributed by atoms with van der Waals surface area (Å²) in [6.45, 7) is 3.11. The summed E-state index contributed by atoms with van der Waals surface area (Å²) < 4.78 is 37.2. The molecule has 0 radical (unpaired) electrons. The lowest BCUT2D eigenvalue weighted by Crippen LogP contribution is -2.31. The number of hydrogen-bond acceptors (Lipinski definition) is 1. The van der Waals surface area contributed by atoms with Crippen molar-refractivity contribution in [2.45, 2.75) is 32.0 Å². The van der Waals surface area contributed by atoms with Gasteiger partial charge in [0, 0.05) is 6.04 Å². The van der Waals surface area contributed by atoms with Crippen molar-refractivity contribution in [2.24, 2.45) is 5.92 Å². The van der Waals surface area contributed by atoms with Gasteiger partial charge in [0.25, 0.3) is 0 Å². The molecule has 0 aliphatic carbocycles. The van der Waals surface area contributed by atoms with Crippen LogP contribution in [0.25, 0.3) is 0 Å². The van der Waals surface area contributed by atoms with E-state index < -0.39 is 11.7 Å². The minimum absolute atomic E-state index is 0.202. The second-order valence-electron chi connectivity index (χ2n) is 4.76. The monoisotopic (exact) mass is 243 g/mol. The summed E-state index contributed by atoms with van der Waals surface area (Å²) >= 11 is 0. The van der Waals surface area contributed by atoms with E-state index in [1.54, 1.807) is 12.1 Å². The van der Waals surface area contributed by atoms with E-state index in [0.29, 0.717) is 5.92 Å². The lowest BCUT2D eigenvalue weighted by Gasteiger charge is -2.28. The average molecular weight is 243 g/mol. The Morgan fingerprint density at radius 3 is 2.24 bits per heavy atom. The molecule has 1 heterocycles. The lowest BCUT2D eigenvalue weighted by molar-refractivity contribution is -0.137. The highest BCUT2D eigenvalue weighted by molar-refractivity contribution is 5.27. The molecule has 4 heteroatoms. The highest BCUT2D eigenvalue weighted by atomic mass is 19.4. The Balaban J connectivity index is 2.08. The van der Waals surface area contributed by atoms with E-state index in [2.05, 4.69) is 12.2 Å². The van der Waals surface area contributed by atoms with Crippen LogP contribution in [0.1, 0.15) is 36.9 Å². The van der Waals surface area contributed by atoms with Crippen LogP contribution in [0.3, 0.4) is 0 Å². The summed E-state index contributed by atoms with van der Waals surface area (Å²) in [5.41, 5.74) is 0.371. The van der Waals surface area contributed by atoms with Crippen LogP contribution in [0.15, 0.2) is 24.3 Å².